The number of likely N-dealkylation sites (N-methyl/N-ethyl adjacent to an activating group) is 1. The van der Waals surface area contributed by atoms with Gasteiger partial charge in [-0.15, -0.1) is 0 Å². The zero-order chi connectivity index (χ0) is 19.0. The maximum Gasteiger partial charge on any atom is 0.261 e. The number of aryl methyl sites for hydroxylation is 1. The van der Waals surface area contributed by atoms with Crippen molar-refractivity contribution >= 4 is 0 Å². The summed E-state index contributed by atoms with van der Waals surface area (Å²) in [5, 5.41) is 12.3. The molecule has 1 aliphatic rings. The molecule has 1 fully saturated rings. The summed E-state index contributed by atoms with van der Waals surface area (Å²) in [6, 6.07) is 8.49. The highest BCUT2D eigenvalue weighted by atomic mass is 16.5. The standard InChI is InChI=1S/C20H26N6O/c1-13(2)18-16(11-22-26(18)15-7-5-14(3)6-8-15)20-23-19(24-27-20)17-12-21-9-10-25(17)4/h5-8,11,13,17,21H,9-10,12H2,1-4H3. The van der Waals surface area contributed by atoms with Crippen LogP contribution in [0, 0.1) is 6.92 Å². The molecule has 1 unspecified atom stereocenters. The zero-order valence-corrected chi connectivity index (χ0v) is 16.3. The molecular weight excluding hydrogens is 340 g/mol. The highest BCUT2D eigenvalue weighted by molar-refractivity contribution is 5.58. The molecule has 0 aliphatic carbocycles. The molecule has 1 aromatic carbocycles. The van der Waals surface area contributed by atoms with Crippen LogP contribution in [0.25, 0.3) is 17.1 Å². The summed E-state index contributed by atoms with van der Waals surface area (Å²) < 4.78 is 7.61. The van der Waals surface area contributed by atoms with Gasteiger partial charge in [0.05, 0.1) is 29.2 Å². The fraction of sp³-hybridized carbons (Fsp3) is 0.450. The van der Waals surface area contributed by atoms with Crippen LogP contribution in [0.15, 0.2) is 35.0 Å². The van der Waals surface area contributed by atoms with Gasteiger partial charge in [-0.1, -0.05) is 36.7 Å². The third-order valence-electron chi connectivity index (χ3n) is 5.11. The minimum absolute atomic E-state index is 0.130. The highest BCUT2D eigenvalue weighted by Crippen LogP contribution is 2.31. The van der Waals surface area contributed by atoms with E-state index in [0.29, 0.717) is 5.89 Å². The first-order valence-corrected chi connectivity index (χ1v) is 9.44. The zero-order valence-electron chi connectivity index (χ0n) is 16.3. The van der Waals surface area contributed by atoms with Gasteiger partial charge in [-0.3, -0.25) is 4.90 Å². The van der Waals surface area contributed by atoms with Crippen molar-refractivity contribution in [3.8, 4) is 17.1 Å². The third-order valence-corrected chi connectivity index (χ3v) is 5.11. The van der Waals surface area contributed by atoms with Gasteiger partial charge in [0.1, 0.15) is 0 Å². The lowest BCUT2D eigenvalue weighted by Crippen LogP contribution is -2.44. The van der Waals surface area contributed by atoms with Gasteiger partial charge in [0, 0.05) is 19.6 Å². The second-order valence-corrected chi connectivity index (χ2v) is 7.50. The molecule has 7 heteroatoms. The Morgan fingerprint density at radius 3 is 2.70 bits per heavy atom. The summed E-state index contributed by atoms with van der Waals surface area (Å²) in [6.45, 7) is 9.17. The van der Waals surface area contributed by atoms with Crippen LogP contribution < -0.4 is 5.32 Å². The van der Waals surface area contributed by atoms with E-state index in [9.17, 15) is 0 Å². The number of rotatable bonds is 4. The van der Waals surface area contributed by atoms with E-state index in [-0.39, 0.29) is 12.0 Å². The molecular formula is C20H26N6O. The normalized spacial score (nSPS) is 18.3. The molecule has 2 aromatic heterocycles. The number of aromatic nitrogens is 4. The average molecular weight is 366 g/mol. The molecule has 4 rings (SSSR count). The summed E-state index contributed by atoms with van der Waals surface area (Å²) in [4.78, 5) is 6.96. The smallest absolute Gasteiger partial charge is 0.261 e. The summed E-state index contributed by atoms with van der Waals surface area (Å²) in [6.07, 6.45) is 1.83. The molecule has 0 bridgehead atoms. The monoisotopic (exact) mass is 366 g/mol. The van der Waals surface area contributed by atoms with Crippen LogP contribution in [0.2, 0.25) is 0 Å². The SMILES string of the molecule is Cc1ccc(-n2ncc(-c3nc(C4CNCCN4C)no3)c2C(C)C)cc1. The van der Waals surface area contributed by atoms with Crippen LogP contribution in [-0.4, -0.2) is 51.5 Å². The summed E-state index contributed by atoms with van der Waals surface area (Å²) in [5.41, 5.74) is 4.23. The Balaban J connectivity index is 1.71. The van der Waals surface area contributed by atoms with Gasteiger partial charge in [-0.2, -0.15) is 10.1 Å². The first-order valence-electron chi connectivity index (χ1n) is 9.44. The Hall–Kier alpha value is -2.51. The minimum Gasteiger partial charge on any atom is -0.334 e. The fourth-order valence-electron chi connectivity index (χ4n) is 3.54. The quantitative estimate of drug-likeness (QED) is 0.765. The van der Waals surface area contributed by atoms with Gasteiger partial charge in [0.15, 0.2) is 5.82 Å². The average Bonchev–Trinajstić information content (AvgIpc) is 3.29. The molecule has 1 saturated heterocycles. The Bertz CT molecular complexity index is 911. The number of nitrogens with one attached hydrogen (secondary N) is 1. The van der Waals surface area contributed by atoms with Crippen molar-refractivity contribution in [1.29, 1.82) is 0 Å². The predicted octanol–water partition coefficient (Wildman–Crippen LogP) is 2.93. The van der Waals surface area contributed by atoms with E-state index in [1.807, 2.05) is 10.9 Å². The number of benzene rings is 1. The minimum atomic E-state index is 0.130. The van der Waals surface area contributed by atoms with Crippen molar-refractivity contribution in [3.05, 3.63) is 47.5 Å². The van der Waals surface area contributed by atoms with Crippen molar-refractivity contribution in [2.24, 2.45) is 0 Å². The maximum atomic E-state index is 5.64. The molecule has 0 amide bonds. The molecule has 0 spiro atoms. The van der Waals surface area contributed by atoms with E-state index in [1.165, 1.54) is 5.56 Å². The maximum absolute atomic E-state index is 5.64. The van der Waals surface area contributed by atoms with Gasteiger partial charge in [-0.05, 0) is 32.0 Å². The van der Waals surface area contributed by atoms with Crippen molar-refractivity contribution in [1.82, 2.24) is 30.1 Å². The summed E-state index contributed by atoms with van der Waals surface area (Å²) in [7, 11) is 2.09. The second-order valence-electron chi connectivity index (χ2n) is 7.50. The molecule has 1 N–H and O–H groups in total. The Labute approximate surface area is 159 Å². The van der Waals surface area contributed by atoms with Crippen LogP contribution in [0.5, 0.6) is 0 Å². The Morgan fingerprint density at radius 2 is 2.00 bits per heavy atom. The predicted molar refractivity (Wildman–Crippen MR) is 104 cm³/mol. The molecule has 142 valence electrons. The third kappa shape index (κ3) is 3.40. The first kappa shape index (κ1) is 17.9. The summed E-state index contributed by atoms with van der Waals surface area (Å²) in [5.74, 6) is 1.52. The lowest BCUT2D eigenvalue weighted by Gasteiger charge is -2.30. The van der Waals surface area contributed by atoms with Crippen molar-refractivity contribution < 1.29 is 4.52 Å². The largest absolute Gasteiger partial charge is 0.334 e. The molecule has 3 aromatic rings. The fourth-order valence-corrected chi connectivity index (χ4v) is 3.54. The molecule has 1 atom stereocenters. The van der Waals surface area contributed by atoms with Gasteiger partial charge < -0.3 is 9.84 Å². The molecule has 7 nitrogen and oxygen atoms in total. The van der Waals surface area contributed by atoms with E-state index in [0.717, 1.165) is 42.4 Å². The first-order chi connectivity index (χ1) is 13.0. The molecule has 3 heterocycles. The molecule has 0 saturated carbocycles. The highest BCUT2D eigenvalue weighted by Gasteiger charge is 2.27. The van der Waals surface area contributed by atoms with E-state index >= 15 is 0 Å². The van der Waals surface area contributed by atoms with Crippen LogP contribution in [0.4, 0.5) is 0 Å². The van der Waals surface area contributed by atoms with Crippen LogP contribution in [0.1, 0.15) is 42.9 Å². The van der Waals surface area contributed by atoms with Gasteiger partial charge in [0.25, 0.3) is 5.89 Å². The number of hydrogen-bond donors (Lipinski definition) is 1. The van der Waals surface area contributed by atoms with Gasteiger partial charge in [0.2, 0.25) is 0 Å². The van der Waals surface area contributed by atoms with E-state index in [2.05, 4.69) is 72.6 Å². The second kappa shape index (κ2) is 7.25. The molecule has 0 radical (unpaired) electrons. The van der Waals surface area contributed by atoms with Crippen molar-refractivity contribution in [2.45, 2.75) is 32.7 Å². The number of nitrogens with zero attached hydrogens (tertiary/aromatic N) is 5. The molecule has 1 aliphatic heterocycles. The van der Waals surface area contributed by atoms with Gasteiger partial charge >= 0.3 is 0 Å². The summed E-state index contributed by atoms with van der Waals surface area (Å²) >= 11 is 0. The van der Waals surface area contributed by atoms with E-state index in [1.54, 1.807) is 0 Å². The van der Waals surface area contributed by atoms with Crippen LogP contribution in [-0.2, 0) is 0 Å². The van der Waals surface area contributed by atoms with Crippen molar-refractivity contribution in [2.75, 3.05) is 26.7 Å². The van der Waals surface area contributed by atoms with E-state index < -0.39 is 0 Å². The lowest BCUT2D eigenvalue weighted by molar-refractivity contribution is 0.190. The topological polar surface area (TPSA) is 72.0 Å². The van der Waals surface area contributed by atoms with Gasteiger partial charge in [-0.25, -0.2) is 4.68 Å². The van der Waals surface area contributed by atoms with Crippen LogP contribution >= 0.6 is 0 Å². The van der Waals surface area contributed by atoms with Crippen LogP contribution in [0.3, 0.4) is 0 Å². The number of piperazine rings is 1. The Kier molecular flexibility index (Phi) is 4.80. The Morgan fingerprint density at radius 1 is 1.22 bits per heavy atom. The molecule has 27 heavy (non-hydrogen) atoms. The number of hydrogen-bond acceptors (Lipinski definition) is 6. The van der Waals surface area contributed by atoms with Crippen molar-refractivity contribution in [3.63, 3.8) is 0 Å². The lowest BCUT2D eigenvalue weighted by atomic mass is 10.1. The van der Waals surface area contributed by atoms with E-state index in [4.69, 9.17) is 9.51 Å².